The first-order chi connectivity index (χ1) is 15.9. The van der Waals surface area contributed by atoms with Crippen LogP contribution in [0.1, 0.15) is 35.7 Å². The van der Waals surface area contributed by atoms with Gasteiger partial charge in [-0.1, -0.05) is 32.6 Å². The average Bonchev–Trinajstić information content (AvgIpc) is 3.25. The maximum atomic E-state index is 12.7. The minimum atomic E-state index is -0.339. The Kier molecular flexibility index (Phi) is 6.17. The van der Waals surface area contributed by atoms with E-state index in [0.717, 1.165) is 22.7 Å². The van der Waals surface area contributed by atoms with E-state index in [9.17, 15) is 9.59 Å². The van der Waals surface area contributed by atoms with E-state index in [-0.39, 0.29) is 11.8 Å². The number of hydrogen-bond acceptors (Lipinski definition) is 5. The lowest BCUT2D eigenvalue weighted by Crippen LogP contribution is -2.13. The second kappa shape index (κ2) is 9.35. The van der Waals surface area contributed by atoms with Crippen molar-refractivity contribution < 1.29 is 9.59 Å². The summed E-state index contributed by atoms with van der Waals surface area (Å²) in [6.45, 7) is 7.64. The molecule has 0 bridgehead atoms. The molecule has 166 valence electrons. The van der Waals surface area contributed by atoms with Crippen molar-refractivity contribution in [2.75, 3.05) is 16.0 Å². The second-order valence-electron chi connectivity index (χ2n) is 7.75. The first kappa shape index (κ1) is 21.8. The maximum Gasteiger partial charge on any atom is 0.255 e. The van der Waals surface area contributed by atoms with Gasteiger partial charge in [-0.15, -0.1) is 0 Å². The van der Waals surface area contributed by atoms with Crippen LogP contribution in [0.15, 0.2) is 79.6 Å². The molecule has 0 spiro atoms. The van der Waals surface area contributed by atoms with E-state index in [2.05, 4.69) is 46.5 Å². The van der Waals surface area contributed by atoms with Gasteiger partial charge in [0, 0.05) is 34.4 Å². The van der Waals surface area contributed by atoms with Crippen molar-refractivity contribution in [1.29, 1.82) is 0 Å². The molecule has 0 fully saturated rings. The Bertz CT molecular complexity index is 1340. The van der Waals surface area contributed by atoms with Crippen LogP contribution >= 0.6 is 0 Å². The van der Waals surface area contributed by atoms with Gasteiger partial charge in [0.25, 0.3) is 5.91 Å². The molecule has 8 heteroatoms. The summed E-state index contributed by atoms with van der Waals surface area (Å²) in [6, 6.07) is 15.9. The van der Waals surface area contributed by atoms with E-state index in [4.69, 9.17) is 0 Å². The molecule has 0 saturated carbocycles. The fourth-order valence-electron chi connectivity index (χ4n) is 3.37. The van der Waals surface area contributed by atoms with Gasteiger partial charge in [0.2, 0.25) is 5.91 Å². The Labute approximate surface area is 191 Å². The highest BCUT2D eigenvalue weighted by molar-refractivity contribution is 6.06. The molecule has 8 nitrogen and oxygen atoms in total. The predicted octanol–water partition coefficient (Wildman–Crippen LogP) is 4.97. The van der Waals surface area contributed by atoms with Crippen LogP contribution in [-0.2, 0) is 4.79 Å². The van der Waals surface area contributed by atoms with Crippen molar-refractivity contribution in [3.05, 3.63) is 90.8 Å². The summed E-state index contributed by atoms with van der Waals surface area (Å²) in [5, 5.41) is 13.3. The van der Waals surface area contributed by atoms with Gasteiger partial charge < -0.3 is 16.0 Å². The number of nitrogens with one attached hydrogen (secondary N) is 3. The summed E-state index contributed by atoms with van der Waals surface area (Å²) in [7, 11) is 0. The third-order valence-corrected chi connectivity index (χ3v) is 5.02. The number of anilines is 4. The van der Waals surface area contributed by atoms with Crippen LogP contribution in [0, 0.1) is 0 Å². The van der Waals surface area contributed by atoms with Gasteiger partial charge in [0.05, 0.1) is 6.20 Å². The smallest absolute Gasteiger partial charge is 0.255 e. The molecule has 33 heavy (non-hydrogen) atoms. The van der Waals surface area contributed by atoms with Crippen LogP contribution in [0.25, 0.3) is 5.65 Å². The van der Waals surface area contributed by atoms with E-state index in [1.165, 1.54) is 6.08 Å². The van der Waals surface area contributed by atoms with E-state index >= 15 is 0 Å². The van der Waals surface area contributed by atoms with Gasteiger partial charge in [-0.25, -0.2) is 4.98 Å². The van der Waals surface area contributed by atoms with Gasteiger partial charge in [0.15, 0.2) is 5.65 Å². The molecule has 4 aromatic rings. The van der Waals surface area contributed by atoms with E-state index < -0.39 is 0 Å². The fraction of sp³-hybridized carbons (Fsp3) is 0.120. The van der Waals surface area contributed by atoms with Gasteiger partial charge in [-0.2, -0.15) is 9.61 Å². The normalized spacial score (nSPS) is 10.8. The molecule has 0 aliphatic carbocycles. The third-order valence-electron chi connectivity index (χ3n) is 5.02. The Morgan fingerprint density at radius 2 is 1.73 bits per heavy atom. The number of benzene rings is 2. The summed E-state index contributed by atoms with van der Waals surface area (Å²) in [6.07, 6.45) is 4.75. The third kappa shape index (κ3) is 4.90. The van der Waals surface area contributed by atoms with Crippen LogP contribution < -0.4 is 16.0 Å². The van der Waals surface area contributed by atoms with Gasteiger partial charge in [-0.3, -0.25) is 9.59 Å². The van der Waals surface area contributed by atoms with Crippen LogP contribution in [0.3, 0.4) is 0 Å². The molecule has 2 amide bonds. The molecule has 2 aromatic carbocycles. The molecular weight excluding hydrogens is 416 g/mol. The SMILES string of the molecule is C=CC(=O)Nc1cccc(C(=O)Nc2cccc(Nc3ccnc4c(C(C)C)cnn34)c2)c1. The molecular formula is C25H24N6O2. The molecule has 0 radical (unpaired) electrons. The van der Waals surface area contributed by atoms with Crippen molar-refractivity contribution in [2.45, 2.75) is 19.8 Å². The summed E-state index contributed by atoms with van der Waals surface area (Å²) in [4.78, 5) is 28.7. The van der Waals surface area contributed by atoms with Crippen LogP contribution in [0.4, 0.5) is 22.9 Å². The number of carbonyl (C=O) groups excluding carboxylic acids is 2. The summed E-state index contributed by atoms with van der Waals surface area (Å²) in [5.41, 5.74) is 4.23. The van der Waals surface area contributed by atoms with E-state index in [1.807, 2.05) is 30.5 Å². The first-order valence-corrected chi connectivity index (χ1v) is 10.5. The Morgan fingerprint density at radius 3 is 2.48 bits per heavy atom. The average molecular weight is 441 g/mol. The molecule has 0 unspecified atom stereocenters. The topological polar surface area (TPSA) is 100 Å². The van der Waals surface area contributed by atoms with Crippen molar-refractivity contribution in [3.8, 4) is 0 Å². The lowest BCUT2D eigenvalue weighted by Gasteiger charge is -2.11. The molecule has 3 N–H and O–H groups in total. The number of rotatable bonds is 7. The van der Waals surface area contributed by atoms with Crippen LogP contribution in [0.2, 0.25) is 0 Å². The second-order valence-corrected chi connectivity index (χ2v) is 7.75. The fourth-order valence-corrected chi connectivity index (χ4v) is 3.37. The molecule has 0 atom stereocenters. The zero-order valence-corrected chi connectivity index (χ0v) is 18.4. The Hall–Kier alpha value is -4.46. The molecule has 2 heterocycles. The first-order valence-electron chi connectivity index (χ1n) is 10.5. The lowest BCUT2D eigenvalue weighted by molar-refractivity contribution is -0.111. The minimum absolute atomic E-state index is 0.290. The summed E-state index contributed by atoms with van der Waals surface area (Å²) >= 11 is 0. The molecule has 0 saturated heterocycles. The van der Waals surface area contributed by atoms with Crippen LogP contribution in [0.5, 0.6) is 0 Å². The number of hydrogen-bond donors (Lipinski definition) is 3. The number of fused-ring (bicyclic) bond motifs is 1. The maximum absolute atomic E-state index is 12.7. The number of aromatic nitrogens is 3. The highest BCUT2D eigenvalue weighted by Crippen LogP contribution is 2.24. The number of carbonyl (C=O) groups is 2. The van der Waals surface area contributed by atoms with Crippen molar-refractivity contribution >= 4 is 40.3 Å². The van der Waals surface area contributed by atoms with Gasteiger partial charge >= 0.3 is 0 Å². The lowest BCUT2D eigenvalue weighted by atomic mass is 10.1. The zero-order valence-electron chi connectivity index (χ0n) is 18.4. The molecule has 0 aliphatic heterocycles. The van der Waals surface area contributed by atoms with Crippen molar-refractivity contribution in [1.82, 2.24) is 14.6 Å². The quantitative estimate of drug-likeness (QED) is 0.352. The zero-order chi connectivity index (χ0) is 23.4. The van der Waals surface area contributed by atoms with E-state index in [1.54, 1.807) is 41.0 Å². The monoisotopic (exact) mass is 440 g/mol. The largest absolute Gasteiger partial charge is 0.340 e. The highest BCUT2D eigenvalue weighted by Gasteiger charge is 2.12. The van der Waals surface area contributed by atoms with Gasteiger partial charge in [0.1, 0.15) is 5.82 Å². The van der Waals surface area contributed by atoms with Crippen molar-refractivity contribution in [3.63, 3.8) is 0 Å². The summed E-state index contributed by atoms with van der Waals surface area (Å²) < 4.78 is 1.77. The Balaban J connectivity index is 1.52. The summed E-state index contributed by atoms with van der Waals surface area (Å²) in [5.74, 6) is 0.449. The standard InChI is InChI=1S/C25H24N6O2/c1-4-23(32)29-18-8-5-7-17(13-18)25(33)30-20-10-6-9-19(14-20)28-22-11-12-26-24-21(16(2)3)15-27-31(22)24/h4-16,28H,1H2,2-3H3,(H,29,32)(H,30,33). The highest BCUT2D eigenvalue weighted by atomic mass is 16.2. The Morgan fingerprint density at radius 1 is 1.00 bits per heavy atom. The molecule has 2 aromatic heterocycles. The van der Waals surface area contributed by atoms with E-state index in [0.29, 0.717) is 22.9 Å². The van der Waals surface area contributed by atoms with Gasteiger partial charge in [-0.05, 0) is 54.5 Å². The van der Waals surface area contributed by atoms with Crippen molar-refractivity contribution in [2.24, 2.45) is 0 Å². The molecule has 4 rings (SSSR count). The molecule has 0 aliphatic rings. The minimum Gasteiger partial charge on any atom is -0.340 e. The number of nitrogens with zero attached hydrogens (tertiary/aromatic N) is 3. The predicted molar refractivity (Wildman–Crippen MR) is 130 cm³/mol. The number of amides is 2. The van der Waals surface area contributed by atoms with Crippen LogP contribution in [-0.4, -0.2) is 26.4 Å².